The van der Waals surface area contributed by atoms with Crippen molar-refractivity contribution in [3.63, 3.8) is 0 Å². The molecule has 0 aromatic heterocycles. The summed E-state index contributed by atoms with van der Waals surface area (Å²) in [5, 5.41) is 1.42. The van der Waals surface area contributed by atoms with Crippen molar-refractivity contribution in [3.05, 3.63) is 0 Å². The fourth-order valence-corrected chi connectivity index (χ4v) is 1.72. The predicted octanol–water partition coefficient (Wildman–Crippen LogP) is 0.505. The Morgan fingerprint density at radius 3 is 2.33 bits per heavy atom. The van der Waals surface area contributed by atoms with Gasteiger partial charge < -0.3 is 9.79 Å². The summed E-state index contributed by atoms with van der Waals surface area (Å²) in [6, 6.07) is 0. The van der Waals surface area contributed by atoms with Crippen LogP contribution in [0.3, 0.4) is 0 Å². The molecule has 0 spiro atoms. The second kappa shape index (κ2) is 4.05. The molecule has 1 rings (SSSR count). The standard InChI is InChI=1S/C5H12ClN2O3P/c1-7-2-4-8(5-3-7)11-12(6,9)10/h2-5H2,1H3,(H,9,10). The van der Waals surface area contributed by atoms with Crippen molar-refractivity contribution in [3.8, 4) is 0 Å². The Hall–Kier alpha value is 0.360. The Labute approximate surface area is 76.1 Å². The number of halogens is 1. The highest BCUT2D eigenvalue weighted by Crippen LogP contribution is 2.48. The molecule has 0 radical (unpaired) electrons. The van der Waals surface area contributed by atoms with E-state index in [0.29, 0.717) is 13.1 Å². The summed E-state index contributed by atoms with van der Waals surface area (Å²) in [6.45, 7) is -1.03. The van der Waals surface area contributed by atoms with Gasteiger partial charge in [-0.15, -0.1) is 0 Å². The first-order valence-corrected chi connectivity index (χ1v) is 6.11. The van der Waals surface area contributed by atoms with Crippen LogP contribution in [0.25, 0.3) is 0 Å². The Morgan fingerprint density at radius 1 is 1.42 bits per heavy atom. The van der Waals surface area contributed by atoms with E-state index in [2.05, 4.69) is 9.52 Å². The normalized spacial score (nSPS) is 26.9. The zero-order valence-electron chi connectivity index (χ0n) is 6.81. The second-order valence-corrected chi connectivity index (χ2v) is 5.11. The molecule has 0 aromatic rings. The molecule has 12 heavy (non-hydrogen) atoms. The number of piperazine rings is 1. The molecule has 1 heterocycles. The molecule has 0 bridgehead atoms. The lowest BCUT2D eigenvalue weighted by molar-refractivity contribution is -0.0882. The van der Waals surface area contributed by atoms with Crippen LogP contribution < -0.4 is 0 Å². The van der Waals surface area contributed by atoms with Crippen LogP contribution in [-0.4, -0.2) is 48.1 Å². The lowest BCUT2D eigenvalue weighted by atomic mass is 10.4. The van der Waals surface area contributed by atoms with Gasteiger partial charge in [-0.2, -0.15) is 5.06 Å². The Bertz CT molecular complexity index is 189. The van der Waals surface area contributed by atoms with Gasteiger partial charge in [0, 0.05) is 37.4 Å². The quantitative estimate of drug-likeness (QED) is 0.679. The molecule has 1 unspecified atom stereocenters. The molecule has 7 heteroatoms. The molecule has 1 fully saturated rings. The summed E-state index contributed by atoms with van der Waals surface area (Å²) >= 11 is 5.04. The molecule has 0 amide bonds. The summed E-state index contributed by atoms with van der Waals surface area (Å²) in [5.74, 6) is 0. The van der Waals surface area contributed by atoms with Gasteiger partial charge in [0.2, 0.25) is 0 Å². The van der Waals surface area contributed by atoms with E-state index in [1.807, 2.05) is 7.05 Å². The van der Waals surface area contributed by atoms with Crippen molar-refractivity contribution in [2.24, 2.45) is 0 Å². The van der Waals surface area contributed by atoms with E-state index in [0.717, 1.165) is 13.1 Å². The van der Waals surface area contributed by atoms with Crippen molar-refractivity contribution in [1.29, 1.82) is 0 Å². The Morgan fingerprint density at radius 2 is 1.92 bits per heavy atom. The molecule has 1 N–H and O–H groups in total. The average molecular weight is 215 g/mol. The first kappa shape index (κ1) is 10.4. The molecule has 0 aliphatic carbocycles. The average Bonchev–Trinajstić information content (AvgIpc) is 1.91. The Kier molecular flexibility index (Phi) is 3.52. The van der Waals surface area contributed by atoms with Crippen molar-refractivity contribution < 1.29 is 14.1 Å². The fraction of sp³-hybridized carbons (Fsp3) is 1.00. The number of likely N-dealkylation sites (N-methyl/N-ethyl adjacent to an activating group) is 1. The Balaban J connectivity index is 2.31. The monoisotopic (exact) mass is 214 g/mol. The molecule has 1 aliphatic rings. The van der Waals surface area contributed by atoms with Crippen LogP contribution in [0.4, 0.5) is 0 Å². The van der Waals surface area contributed by atoms with E-state index >= 15 is 0 Å². The minimum Gasteiger partial charge on any atom is -0.312 e. The first-order valence-electron chi connectivity index (χ1n) is 3.63. The predicted molar refractivity (Wildman–Crippen MR) is 45.8 cm³/mol. The highest BCUT2D eigenvalue weighted by molar-refractivity contribution is 7.80. The maximum Gasteiger partial charge on any atom is 0.438 e. The number of rotatable bonds is 2. The van der Waals surface area contributed by atoms with Crippen LogP contribution in [0.5, 0.6) is 0 Å². The third-order valence-corrected chi connectivity index (χ3v) is 2.30. The maximum absolute atomic E-state index is 10.6. The van der Waals surface area contributed by atoms with E-state index in [-0.39, 0.29) is 0 Å². The van der Waals surface area contributed by atoms with Crippen molar-refractivity contribution >= 4 is 18.2 Å². The largest absolute Gasteiger partial charge is 0.438 e. The summed E-state index contributed by atoms with van der Waals surface area (Å²) < 4.78 is 15.2. The van der Waals surface area contributed by atoms with Gasteiger partial charge in [0.15, 0.2) is 0 Å². The molecular weight excluding hydrogens is 202 g/mol. The number of nitrogens with zero attached hydrogens (tertiary/aromatic N) is 2. The molecule has 1 saturated heterocycles. The highest BCUT2D eigenvalue weighted by atomic mass is 35.7. The molecule has 1 atom stereocenters. The highest BCUT2D eigenvalue weighted by Gasteiger charge is 2.23. The van der Waals surface area contributed by atoms with Crippen molar-refractivity contribution in [1.82, 2.24) is 9.96 Å². The topological polar surface area (TPSA) is 53.0 Å². The third kappa shape index (κ3) is 3.85. The minimum absolute atomic E-state index is 0.605. The third-order valence-electron chi connectivity index (χ3n) is 1.68. The van der Waals surface area contributed by atoms with E-state index in [9.17, 15) is 4.57 Å². The lowest BCUT2D eigenvalue weighted by Gasteiger charge is -2.30. The number of hydrogen-bond donors (Lipinski definition) is 1. The fourth-order valence-electron chi connectivity index (χ4n) is 1.01. The summed E-state index contributed by atoms with van der Waals surface area (Å²) in [5.41, 5.74) is 0. The van der Waals surface area contributed by atoms with Gasteiger partial charge in [-0.05, 0) is 7.05 Å². The summed E-state index contributed by atoms with van der Waals surface area (Å²) in [7, 11) is 1.98. The van der Waals surface area contributed by atoms with Crippen LogP contribution in [0.1, 0.15) is 0 Å². The van der Waals surface area contributed by atoms with E-state index in [1.165, 1.54) is 5.06 Å². The molecule has 72 valence electrons. The smallest absolute Gasteiger partial charge is 0.312 e. The van der Waals surface area contributed by atoms with E-state index in [4.69, 9.17) is 16.1 Å². The summed E-state index contributed by atoms with van der Waals surface area (Å²) in [6.07, 6.45) is 0. The van der Waals surface area contributed by atoms with Crippen LogP contribution >= 0.6 is 18.2 Å². The van der Waals surface area contributed by atoms with Gasteiger partial charge in [0.1, 0.15) is 0 Å². The summed E-state index contributed by atoms with van der Waals surface area (Å²) in [4.78, 5) is 10.8. The van der Waals surface area contributed by atoms with Gasteiger partial charge in [-0.3, -0.25) is 0 Å². The molecule has 0 saturated carbocycles. The maximum atomic E-state index is 10.6. The zero-order valence-corrected chi connectivity index (χ0v) is 8.46. The first-order chi connectivity index (χ1) is 5.47. The molecular formula is C5H12ClN2O3P. The van der Waals surface area contributed by atoms with Crippen LogP contribution in [0.2, 0.25) is 0 Å². The van der Waals surface area contributed by atoms with Crippen LogP contribution in [0, 0.1) is 0 Å². The zero-order chi connectivity index (χ0) is 9.19. The van der Waals surface area contributed by atoms with Gasteiger partial charge in [0.25, 0.3) is 0 Å². The molecule has 1 aliphatic heterocycles. The van der Waals surface area contributed by atoms with Crippen LogP contribution in [-0.2, 0) is 9.19 Å². The second-order valence-electron chi connectivity index (χ2n) is 2.77. The minimum atomic E-state index is -3.87. The van der Waals surface area contributed by atoms with Crippen molar-refractivity contribution in [2.75, 3.05) is 33.2 Å². The van der Waals surface area contributed by atoms with Gasteiger partial charge in [0.05, 0.1) is 0 Å². The van der Waals surface area contributed by atoms with Gasteiger partial charge >= 0.3 is 6.95 Å². The van der Waals surface area contributed by atoms with Crippen LogP contribution in [0.15, 0.2) is 0 Å². The molecule has 0 aromatic carbocycles. The SMILES string of the molecule is CN1CCN(OP(=O)(O)Cl)CC1. The number of hydrogen-bond acceptors (Lipinski definition) is 4. The number of hydroxylamine groups is 2. The lowest BCUT2D eigenvalue weighted by Crippen LogP contribution is -2.43. The van der Waals surface area contributed by atoms with E-state index in [1.54, 1.807) is 0 Å². The van der Waals surface area contributed by atoms with E-state index < -0.39 is 6.95 Å². The van der Waals surface area contributed by atoms with Gasteiger partial charge in [-0.1, -0.05) is 0 Å². The molecule has 5 nitrogen and oxygen atoms in total. The van der Waals surface area contributed by atoms with Gasteiger partial charge in [-0.25, -0.2) is 9.19 Å². The van der Waals surface area contributed by atoms with Crippen molar-refractivity contribution in [2.45, 2.75) is 0 Å².